The molecule has 1 fully saturated rings. The van der Waals surface area contributed by atoms with E-state index in [0.717, 1.165) is 24.2 Å². The third-order valence-corrected chi connectivity index (χ3v) is 3.45. The lowest BCUT2D eigenvalue weighted by atomic mass is 9.88. The quantitative estimate of drug-likeness (QED) is 0.800. The van der Waals surface area contributed by atoms with Crippen LogP contribution in [0.25, 0.3) is 0 Å². The molecule has 3 N–H and O–H groups in total. The van der Waals surface area contributed by atoms with Crippen LogP contribution in [0.3, 0.4) is 0 Å². The molecule has 3 heteroatoms. The van der Waals surface area contributed by atoms with Crippen LogP contribution in [0.2, 0.25) is 0 Å². The molecular formula is C13H19NO2. The zero-order valence-corrected chi connectivity index (χ0v) is 9.86. The van der Waals surface area contributed by atoms with E-state index in [2.05, 4.69) is 0 Å². The van der Waals surface area contributed by atoms with Gasteiger partial charge in [0.15, 0.2) is 0 Å². The van der Waals surface area contributed by atoms with E-state index >= 15 is 0 Å². The highest BCUT2D eigenvalue weighted by Crippen LogP contribution is 2.42. The Hall–Kier alpha value is -1.06. The number of hydrogen-bond acceptors (Lipinski definition) is 3. The van der Waals surface area contributed by atoms with Crippen molar-refractivity contribution in [1.82, 2.24) is 0 Å². The van der Waals surface area contributed by atoms with Crippen molar-refractivity contribution in [3.8, 4) is 5.75 Å². The maximum absolute atomic E-state index is 10.0. The highest BCUT2D eigenvalue weighted by molar-refractivity contribution is 5.34. The highest BCUT2D eigenvalue weighted by Gasteiger charge is 2.43. The van der Waals surface area contributed by atoms with Gasteiger partial charge in [-0.15, -0.1) is 0 Å². The number of benzene rings is 1. The van der Waals surface area contributed by atoms with Gasteiger partial charge in [0.1, 0.15) is 5.75 Å². The maximum atomic E-state index is 10.0. The summed E-state index contributed by atoms with van der Waals surface area (Å²) < 4.78 is 5.19. The number of methoxy groups -OCH3 is 1. The number of aliphatic hydroxyl groups is 1. The smallest absolute Gasteiger partial charge is 0.119 e. The molecule has 2 atom stereocenters. The van der Waals surface area contributed by atoms with Crippen LogP contribution in [0.15, 0.2) is 24.3 Å². The Balaban J connectivity index is 2.30. The lowest BCUT2D eigenvalue weighted by molar-refractivity contribution is 0.0611. The lowest BCUT2D eigenvalue weighted by Crippen LogP contribution is -2.36. The Morgan fingerprint density at radius 2 is 2.12 bits per heavy atom. The Morgan fingerprint density at radius 3 is 2.69 bits per heavy atom. The molecule has 0 amide bonds. The molecule has 0 heterocycles. The van der Waals surface area contributed by atoms with Crippen molar-refractivity contribution < 1.29 is 9.84 Å². The van der Waals surface area contributed by atoms with Gasteiger partial charge in [-0.2, -0.15) is 0 Å². The van der Waals surface area contributed by atoms with Crippen molar-refractivity contribution in [2.45, 2.75) is 37.3 Å². The number of ether oxygens (including phenoxy) is 1. The van der Waals surface area contributed by atoms with Gasteiger partial charge in [0.25, 0.3) is 0 Å². The van der Waals surface area contributed by atoms with Gasteiger partial charge in [-0.3, -0.25) is 0 Å². The summed E-state index contributed by atoms with van der Waals surface area (Å²) >= 11 is 0. The molecule has 0 radical (unpaired) electrons. The standard InChI is InChI=1S/C13H19NO2/c1-12(15)6-7-13(14,9-12)10-4-3-5-11(8-10)16-2/h3-5,8,15H,6-7,9,14H2,1-2H3. The SMILES string of the molecule is COc1cccc(C2(N)CCC(C)(O)C2)c1. The summed E-state index contributed by atoms with van der Waals surface area (Å²) in [6, 6.07) is 7.81. The summed E-state index contributed by atoms with van der Waals surface area (Å²) in [7, 11) is 1.65. The number of hydrogen-bond donors (Lipinski definition) is 2. The average Bonchev–Trinajstić information content (AvgIpc) is 2.55. The van der Waals surface area contributed by atoms with Gasteiger partial charge in [0, 0.05) is 5.54 Å². The minimum absolute atomic E-state index is 0.419. The summed E-state index contributed by atoms with van der Waals surface area (Å²) in [5, 5.41) is 10.0. The minimum atomic E-state index is -0.641. The zero-order valence-electron chi connectivity index (χ0n) is 9.86. The molecular weight excluding hydrogens is 202 g/mol. The summed E-state index contributed by atoms with van der Waals surface area (Å²) in [6.45, 7) is 1.85. The molecule has 0 aromatic heterocycles. The van der Waals surface area contributed by atoms with Crippen LogP contribution in [0.5, 0.6) is 5.75 Å². The molecule has 2 rings (SSSR count). The maximum Gasteiger partial charge on any atom is 0.119 e. The Morgan fingerprint density at radius 1 is 1.38 bits per heavy atom. The molecule has 3 nitrogen and oxygen atoms in total. The molecule has 1 aliphatic rings. The fraction of sp³-hybridized carbons (Fsp3) is 0.538. The number of rotatable bonds is 2. The van der Waals surface area contributed by atoms with E-state index in [0.29, 0.717) is 6.42 Å². The first-order chi connectivity index (χ1) is 7.45. The fourth-order valence-corrected chi connectivity index (χ4v) is 2.53. The van der Waals surface area contributed by atoms with E-state index in [1.54, 1.807) is 7.11 Å². The van der Waals surface area contributed by atoms with Crippen LogP contribution >= 0.6 is 0 Å². The van der Waals surface area contributed by atoms with Gasteiger partial charge in [0.05, 0.1) is 12.7 Å². The molecule has 2 unspecified atom stereocenters. The molecule has 88 valence electrons. The molecule has 1 aromatic rings. The van der Waals surface area contributed by atoms with E-state index < -0.39 is 11.1 Å². The predicted octanol–water partition coefficient (Wildman–Crippen LogP) is 1.78. The summed E-state index contributed by atoms with van der Waals surface area (Å²) in [4.78, 5) is 0. The van der Waals surface area contributed by atoms with Gasteiger partial charge in [0.2, 0.25) is 0 Å². The normalized spacial score (nSPS) is 34.0. The van der Waals surface area contributed by atoms with Crippen molar-refractivity contribution >= 4 is 0 Å². The van der Waals surface area contributed by atoms with Crippen LogP contribution in [0.1, 0.15) is 31.7 Å². The average molecular weight is 221 g/mol. The topological polar surface area (TPSA) is 55.5 Å². The summed E-state index contributed by atoms with van der Waals surface area (Å²) in [6.07, 6.45) is 2.17. The van der Waals surface area contributed by atoms with Crippen molar-refractivity contribution in [2.24, 2.45) is 5.73 Å². The molecule has 1 aliphatic carbocycles. The van der Waals surface area contributed by atoms with E-state index in [4.69, 9.17) is 10.5 Å². The van der Waals surface area contributed by atoms with Gasteiger partial charge in [-0.1, -0.05) is 12.1 Å². The molecule has 0 spiro atoms. The molecule has 0 saturated heterocycles. The second kappa shape index (κ2) is 3.75. The van der Waals surface area contributed by atoms with E-state index in [1.165, 1.54) is 0 Å². The lowest BCUT2D eigenvalue weighted by Gasteiger charge is -2.26. The van der Waals surface area contributed by atoms with Crippen molar-refractivity contribution in [1.29, 1.82) is 0 Å². The third-order valence-electron chi connectivity index (χ3n) is 3.45. The summed E-state index contributed by atoms with van der Waals surface area (Å²) in [5.41, 5.74) is 6.35. The Kier molecular flexibility index (Phi) is 2.68. The minimum Gasteiger partial charge on any atom is -0.497 e. The van der Waals surface area contributed by atoms with Gasteiger partial charge in [-0.05, 0) is 43.9 Å². The Labute approximate surface area is 96.2 Å². The van der Waals surface area contributed by atoms with E-state index in [9.17, 15) is 5.11 Å². The van der Waals surface area contributed by atoms with Crippen LogP contribution in [-0.2, 0) is 5.54 Å². The van der Waals surface area contributed by atoms with Gasteiger partial charge < -0.3 is 15.6 Å². The first-order valence-corrected chi connectivity index (χ1v) is 5.61. The molecule has 16 heavy (non-hydrogen) atoms. The zero-order chi connectivity index (χ0) is 11.8. The monoisotopic (exact) mass is 221 g/mol. The molecule has 0 bridgehead atoms. The second-order valence-corrected chi connectivity index (χ2v) is 5.06. The van der Waals surface area contributed by atoms with Crippen LogP contribution in [0.4, 0.5) is 0 Å². The fourth-order valence-electron chi connectivity index (χ4n) is 2.53. The number of nitrogens with two attached hydrogens (primary N) is 1. The Bertz CT molecular complexity index is 389. The third kappa shape index (κ3) is 2.06. The molecule has 1 saturated carbocycles. The van der Waals surface area contributed by atoms with Crippen molar-refractivity contribution in [3.05, 3.63) is 29.8 Å². The highest BCUT2D eigenvalue weighted by atomic mass is 16.5. The first kappa shape index (κ1) is 11.4. The van der Waals surface area contributed by atoms with Crippen LogP contribution < -0.4 is 10.5 Å². The van der Waals surface area contributed by atoms with Gasteiger partial charge in [-0.25, -0.2) is 0 Å². The first-order valence-electron chi connectivity index (χ1n) is 5.61. The predicted molar refractivity (Wildman–Crippen MR) is 63.3 cm³/mol. The van der Waals surface area contributed by atoms with Crippen molar-refractivity contribution in [3.63, 3.8) is 0 Å². The second-order valence-electron chi connectivity index (χ2n) is 5.06. The molecule has 0 aliphatic heterocycles. The molecule has 1 aromatic carbocycles. The largest absolute Gasteiger partial charge is 0.497 e. The van der Waals surface area contributed by atoms with E-state index in [-0.39, 0.29) is 0 Å². The van der Waals surface area contributed by atoms with E-state index in [1.807, 2.05) is 31.2 Å². The van der Waals surface area contributed by atoms with Gasteiger partial charge >= 0.3 is 0 Å². The summed E-state index contributed by atoms with van der Waals surface area (Å²) in [5.74, 6) is 0.814. The van der Waals surface area contributed by atoms with Crippen LogP contribution in [-0.4, -0.2) is 17.8 Å². The van der Waals surface area contributed by atoms with Crippen LogP contribution in [0, 0.1) is 0 Å². The van der Waals surface area contributed by atoms with Crippen molar-refractivity contribution in [2.75, 3.05) is 7.11 Å².